The van der Waals surface area contributed by atoms with Crippen LogP contribution in [0.1, 0.15) is 5.69 Å². The summed E-state index contributed by atoms with van der Waals surface area (Å²) >= 11 is 0. The van der Waals surface area contributed by atoms with Gasteiger partial charge in [0, 0.05) is 29.5 Å². The number of nitrogens with one attached hydrogen (secondary N) is 1. The van der Waals surface area contributed by atoms with Gasteiger partial charge < -0.3 is 5.32 Å². The summed E-state index contributed by atoms with van der Waals surface area (Å²) in [6.07, 6.45) is 3.55. The second-order valence-corrected chi connectivity index (χ2v) is 4.42. The Hall–Kier alpha value is -2.43. The summed E-state index contributed by atoms with van der Waals surface area (Å²) in [5.41, 5.74) is 3.15. The molecule has 1 N–H and O–H groups in total. The maximum Gasteiger partial charge on any atom is 0.0725 e. The number of fused-ring (bicyclic) bond motifs is 1. The minimum Gasteiger partial charge on any atom is -0.383 e. The summed E-state index contributed by atoms with van der Waals surface area (Å²) < 4.78 is 1.81. The average Bonchev–Trinajstić information content (AvgIpc) is 2.91. The molecule has 0 saturated heterocycles. The lowest BCUT2D eigenvalue weighted by Crippen LogP contribution is -2.11. The fraction of sp³-hybridized carbons (Fsp3) is 0.214. The smallest absolute Gasteiger partial charge is 0.0725 e. The highest BCUT2D eigenvalue weighted by Gasteiger charge is 2.02. The molecule has 0 spiro atoms. The maximum absolute atomic E-state index is 4.53. The molecule has 3 aromatic rings. The third-order valence-corrected chi connectivity index (χ3v) is 2.97. The summed E-state index contributed by atoms with van der Waals surface area (Å²) in [4.78, 5) is 4.53. The lowest BCUT2D eigenvalue weighted by Gasteiger charge is -2.10. The van der Waals surface area contributed by atoms with Crippen molar-refractivity contribution in [3.05, 3.63) is 48.4 Å². The molecule has 0 aliphatic heterocycles. The fourth-order valence-electron chi connectivity index (χ4n) is 2.11. The minimum absolute atomic E-state index is 0.787. The molecular formula is C14H15N5. The molecule has 0 saturated carbocycles. The monoisotopic (exact) mass is 253 g/mol. The van der Waals surface area contributed by atoms with Gasteiger partial charge in [0.1, 0.15) is 0 Å². The fourth-order valence-corrected chi connectivity index (χ4v) is 2.11. The molecule has 19 heavy (non-hydrogen) atoms. The van der Waals surface area contributed by atoms with Crippen LogP contribution in [-0.4, -0.2) is 26.5 Å². The van der Waals surface area contributed by atoms with Gasteiger partial charge in [-0.1, -0.05) is 23.4 Å². The van der Waals surface area contributed by atoms with Crippen LogP contribution in [-0.2, 0) is 6.54 Å². The summed E-state index contributed by atoms with van der Waals surface area (Å²) in [5, 5.41) is 12.3. The molecule has 0 amide bonds. The standard InChI is InChI=1S/C14H15N5/c1-11-10-14(12-4-2-3-5-13(12)17-11)15-6-8-19-9-7-16-18-19/h2-5,7,9-10H,6,8H2,1H3,(H,15,17). The van der Waals surface area contributed by atoms with Gasteiger partial charge in [0.2, 0.25) is 0 Å². The van der Waals surface area contributed by atoms with Crippen LogP contribution >= 0.6 is 0 Å². The molecule has 2 aromatic heterocycles. The first-order valence-electron chi connectivity index (χ1n) is 6.27. The van der Waals surface area contributed by atoms with Crippen molar-refractivity contribution in [3.63, 3.8) is 0 Å². The molecule has 5 heteroatoms. The molecule has 2 heterocycles. The molecule has 0 bridgehead atoms. The number of nitrogens with zero attached hydrogens (tertiary/aromatic N) is 4. The highest BCUT2D eigenvalue weighted by molar-refractivity contribution is 5.91. The van der Waals surface area contributed by atoms with E-state index in [4.69, 9.17) is 0 Å². The molecule has 0 aliphatic carbocycles. The van der Waals surface area contributed by atoms with Crippen LogP contribution in [0.3, 0.4) is 0 Å². The SMILES string of the molecule is Cc1cc(NCCn2ccnn2)c2ccccc2n1. The lowest BCUT2D eigenvalue weighted by molar-refractivity contribution is 0.609. The van der Waals surface area contributed by atoms with Crippen molar-refractivity contribution < 1.29 is 0 Å². The maximum atomic E-state index is 4.53. The first kappa shape index (κ1) is 11.6. The zero-order valence-electron chi connectivity index (χ0n) is 10.7. The first-order valence-corrected chi connectivity index (χ1v) is 6.27. The van der Waals surface area contributed by atoms with E-state index < -0.39 is 0 Å². The second-order valence-electron chi connectivity index (χ2n) is 4.42. The van der Waals surface area contributed by atoms with Gasteiger partial charge in [-0.25, -0.2) is 0 Å². The number of hydrogen-bond donors (Lipinski definition) is 1. The zero-order chi connectivity index (χ0) is 13.1. The van der Waals surface area contributed by atoms with Crippen LogP contribution < -0.4 is 5.32 Å². The third kappa shape index (κ3) is 2.54. The molecule has 0 fully saturated rings. The van der Waals surface area contributed by atoms with E-state index in [-0.39, 0.29) is 0 Å². The van der Waals surface area contributed by atoms with Gasteiger partial charge in [0.25, 0.3) is 0 Å². The molecule has 3 rings (SSSR count). The molecule has 96 valence electrons. The molecule has 0 aliphatic rings. The minimum atomic E-state index is 0.787. The predicted molar refractivity (Wildman–Crippen MR) is 75.0 cm³/mol. The van der Waals surface area contributed by atoms with Crippen LogP contribution in [0.15, 0.2) is 42.7 Å². The van der Waals surface area contributed by atoms with Crippen LogP contribution in [0.25, 0.3) is 10.9 Å². The number of aryl methyl sites for hydroxylation is 1. The Morgan fingerprint density at radius 1 is 1.26 bits per heavy atom. The molecule has 5 nitrogen and oxygen atoms in total. The van der Waals surface area contributed by atoms with Gasteiger partial charge in [0.05, 0.1) is 18.3 Å². The van der Waals surface area contributed by atoms with Gasteiger partial charge in [-0.2, -0.15) is 0 Å². The molecule has 0 atom stereocenters. The zero-order valence-corrected chi connectivity index (χ0v) is 10.7. The summed E-state index contributed by atoms with van der Waals surface area (Å²) in [5.74, 6) is 0. The van der Waals surface area contributed by atoms with E-state index in [0.29, 0.717) is 0 Å². The largest absolute Gasteiger partial charge is 0.383 e. The Morgan fingerprint density at radius 2 is 2.16 bits per heavy atom. The Labute approximate surface area is 111 Å². The second kappa shape index (κ2) is 5.06. The Kier molecular flexibility index (Phi) is 3.10. The predicted octanol–water partition coefficient (Wildman–Crippen LogP) is 2.25. The number of pyridine rings is 1. The number of hydrogen-bond acceptors (Lipinski definition) is 4. The Morgan fingerprint density at radius 3 is 3.00 bits per heavy atom. The first-order chi connectivity index (χ1) is 9.33. The van der Waals surface area contributed by atoms with Gasteiger partial charge in [-0.15, -0.1) is 5.10 Å². The summed E-state index contributed by atoms with van der Waals surface area (Å²) in [6.45, 7) is 3.60. The van der Waals surface area contributed by atoms with Crippen LogP contribution in [0.5, 0.6) is 0 Å². The molecule has 0 unspecified atom stereocenters. The number of para-hydroxylation sites is 1. The van der Waals surface area contributed by atoms with Crippen LogP contribution in [0.4, 0.5) is 5.69 Å². The van der Waals surface area contributed by atoms with Crippen molar-refractivity contribution in [1.29, 1.82) is 0 Å². The van der Waals surface area contributed by atoms with Crippen molar-refractivity contribution in [2.24, 2.45) is 0 Å². The molecule has 0 radical (unpaired) electrons. The van der Waals surface area contributed by atoms with Crippen LogP contribution in [0.2, 0.25) is 0 Å². The lowest BCUT2D eigenvalue weighted by atomic mass is 10.1. The van der Waals surface area contributed by atoms with E-state index in [0.717, 1.165) is 35.4 Å². The highest BCUT2D eigenvalue weighted by atomic mass is 15.4. The van der Waals surface area contributed by atoms with Crippen molar-refractivity contribution in [2.45, 2.75) is 13.5 Å². The van der Waals surface area contributed by atoms with E-state index in [1.54, 1.807) is 6.20 Å². The summed E-state index contributed by atoms with van der Waals surface area (Å²) in [6, 6.07) is 10.2. The summed E-state index contributed by atoms with van der Waals surface area (Å²) in [7, 11) is 0. The van der Waals surface area contributed by atoms with E-state index in [1.807, 2.05) is 36.0 Å². The van der Waals surface area contributed by atoms with E-state index >= 15 is 0 Å². The van der Waals surface area contributed by atoms with Crippen molar-refractivity contribution >= 4 is 16.6 Å². The van der Waals surface area contributed by atoms with Crippen molar-refractivity contribution in [2.75, 3.05) is 11.9 Å². The van der Waals surface area contributed by atoms with Crippen molar-refractivity contribution in [3.8, 4) is 0 Å². The number of rotatable bonds is 4. The third-order valence-electron chi connectivity index (χ3n) is 2.97. The van der Waals surface area contributed by atoms with Gasteiger partial charge in [0.15, 0.2) is 0 Å². The van der Waals surface area contributed by atoms with E-state index in [9.17, 15) is 0 Å². The van der Waals surface area contributed by atoms with Gasteiger partial charge >= 0.3 is 0 Å². The quantitative estimate of drug-likeness (QED) is 0.774. The van der Waals surface area contributed by atoms with Gasteiger partial charge in [-0.3, -0.25) is 9.67 Å². The van der Waals surface area contributed by atoms with E-state index in [2.05, 4.69) is 32.7 Å². The topological polar surface area (TPSA) is 55.6 Å². The number of benzene rings is 1. The average molecular weight is 253 g/mol. The normalized spacial score (nSPS) is 10.8. The number of anilines is 1. The molecular weight excluding hydrogens is 238 g/mol. The molecule has 1 aromatic carbocycles. The Balaban J connectivity index is 1.80. The van der Waals surface area contributed by atoms with Crippen molar-refractivity contribution in [1.82, 2.24) is 20.0 Å². The Bertz CT molecular complexity index is 675. The number of aromatic nitrogens is 4. The van der Waals surface area contributed by atoms with Crippen LogP contribution in [0, 0.1) is 6.92 Å². The van der Waals surface area contributed by atoms with Gasteiger partial charge in [-0.05, 0) is 19.1 Å². The van der Waals surface area contributed by atoms with E-state index in [1.165, 1.54) is 0 Å². The highest BCUT2D eigenvalue weighted by Crippen LogP contribution is 2.22.